The maximum absolute atomic E-state index is 12.0. The third kappa shape index (κ3) is 3.09. The minimum Gasteiger partial charge on any atom is -0.466 e. The molecule has 7 heteroatoms. The lowest BCUT2D eigenvalue weighted by Crippen LogP contribution is -2.19. The van der Waals surface area contributed by atoms with Crippen molar-refractivity contribution < 1.29 is 14.3 Å². The van der Waals surface area contributed by atoms with Gasteiger partial charge in [0.05, 0.1) is 24.2 Å². The summed E-state index contributed by atoms with van der Waals surface area (Å²) in [7, 11) is 0. The van der Waals surface area contributed by atoms with Gasteiger partial charge < -0.3 is 9.47 Å². The Kier molecular flexibility index (Phi) is 4.77. The SMILES string of the molecule is CCOC(=O)[C@@H]1C[C@@H]1c1c(Cl)cc2c(cnn2C2CCCCO2)c1Br. The summed E-state index contributed by atoms with van der Waals surface area (Å²) in [6.45, 7) is 3.00. The third-order valence-electron chi connectivity index (χ3n) is 5.01. The number of ether oxygens (including phenoxy) is 2. The molecule has 2 fully saturated rings. The van der Waals surface area contributed by atoms with Crippen molar-refractivity contribution in [1.82, 2.24) is 9.78 Å². The summed E-state index contributed by atoms with van der Waals surface area (Å²) in [6, 6.07) is 1.95. The van der Waals surface area contributed by atoms with E-state index in [4.69, 9.17) is 21.1 Å². The summed E-state index contributed by atoms with van der Waals surface area (Å²) < 4.78 is 13.8. The van der Waals surface area contributed by atoms with Crippen LogP contribution in [0, 0.1) is 5.92 Å². The monoisotopic (exact) mass is 426 g/mol. The fourth-order valence-electron chi connectivity index (χ4n) is 3.64. The molecule has 0 bridgehead atoms. The number of carbonyl (C=O) groups excluding carboxylic acids is 1. The standard InChI is InChI=1S/C18H20BrClN2O3/c1-2-24-18(23)11-7-10(11)16-13(20)8-14-12(17(16)19)9-21-22(14)15-5-3-4-6-25-15/h8-11,15H,2-7H2,1H3/t10-,11+,15?/m0/s1. The molecule has 1 aliphatic heterocycles. The Hall–Kier alpha value is -1.11. The Morgan fingerprint density at radius 1 is 1.52 bits per heavy atom. The Balaban J connectivity index is 1.68. The molecule has 1 aliphatic carbocycles. The van der Waals surface area contributed by atoms with Crippen LogP contribution in [0.2, 0.25) is 5.02 Å². The number of hydrogen-bond acceptors (Lipinski definition) is 4. The van der Waals surface area contributed by atoms with Crippen LogP contribution in [-0.4, -0.2) is 29.0 Å². The molecule has 25 heavy (non-hydrogen) atoms. The summed E-state index contributed by atoms with van der Waals surface area (Å²) in [5.41, 5.74) is 1.94. The van der Waals surface area contributed by atoms with E-state index >= 15 is 0 Å². The van der Waals surface area contributed by atoms with Gasteiger partial charge in [0.25, 0.3) is 0 Å². The van der Waals surface area contributed by atoms with Crippen LogP contribution in [0.25, 0.3) is 10.9 Å². The molecule has 0 N–H and O–H groups in total. The maximum atomic E-state index is 12.0. The number of carbonyl (C=O) groups is 1. The fraction of sp³-hybridized carbons (Fsp3) is 0.556. The molecule has 1 saturated carbocycles. The maximum Gasteiger partial charge on any atom is 0.309 e. The van der Waals surface area contributed by atoms with Gasteiger partial charge in [-0.25, -0.2) is 4.68 Å². The van der Waals surface area contributed by atoms with Crippen molar-refractivity contribution in [2.45, 2.75) is 44.8 Å². The van der Waals surface area contributed by atoms with E-state index in [1.54, 1.807) is 0 Å². The lowest BCUT2D eigenvalue weighted by Gasteiger charge is -2.23. The summed E-state index contributed by atoms with van der Waals surface area (Å²) in [5, 5.41) is 6.20. The van der Waals surface area contributed by atoms with E-state index < -0.39 is 0 Å². The quantitative estimate of drug-likeness (QED) is 0.657. The van der Waals surface area contributed by atoms with Crippen molar-refractivity contribution in [3.05, 3.63) is 27.3 Å². The normalized spacial score (nSPS) is 26.0. The highest BCUT2D eigenvalue weighted by atomic mass is 79.9. The zero-order valence-electron chi connectivity index (χ0n) is 14.0. The van der Waals surface area contributed by atoms with Crippen LogP contribution < -0.4 is 0 Å². The highest BCUT2D eigenvalue weighted by Gasteiger charge is 2.47. The molecule has 134 valence electrons. The van der Waals surface area contributed by atoms with E-state index in [0.29, 0.717) is 11.6 Å². The lowest BCUT2D eigenvalue weighted by atomic mass is 10.1. The summed E-state index contributed by atoms with van der Waals surface area (Å²) in [5.74, 6) is -0.121. The number of esters is 1. The smallest absolute Gasteiger partial charge is 0.309 e. The average molecular weight is 428 g/mol. The van der Waals surface area contributed by atoms with Crippen molar-refractivity contribution in [1.29, 1.82) is 0 Å². The minimum absolute atomic E-state index is 0.0340. The molecule has 1 aromatic carbocycles. The molecule has 5 nitrogen and oxygen atoms in total. The second kappa shape index (κ2) is 6.89. The highest BCUT2D eigenvalue weighted by molar-refractivity contribution is 9.10. The third-order valence-corrected chi connectivity index (χ3v) is 6.17. The summed E-state index contributed by atoms with van der Waals surface area (Å²) in [4.78, 5) is 12.0. The molecule has 3 atom stereocenters. The summed E-state index contributed by atoms with van der Waals surface area (Å²) in [6.07, 6.45) is 5.79. The first-order valence-corrected chi connectivity index (χ1v) is 9.92. The molecular weight excluding hydrogens is 408 g/mol. The number of hydrogen-bond donors (Lipinski definition) is 0. The topological polar surface area (TPSA) is 53.3 Å². The van der Waals surface area contributed by atoms with Gasteiger partial charge in [-0.2, -0.15) is 5.10 Å². The number of benzene rings is 1. The lowest BCUT2D eigenvalue weighted by molar-refractivity contribution is -0.144. The van der Waals surface area contributed by atoms with Crippen LogP contribution >= 0.6 is 27.5 Å². The Bertz CT molecular complexity index is 816. The molecule has 1 aromatic heterocycles. The molecule has 2 aliphatic rings. The van der Waals surface area contributed by atoms with E-state index in [9.17, 15) is 4.79 Å². The van der Waals surface area contributed by atoms with Crippen LogP contribution in [0.15, 0.2) is 16.7 Å². The molecular formula is C18H20BrClN2O3. The van der Waals surface area contributed by atoms with Gasteiger partial charge >= 0.3 is 5.97 Å². The van der Waals surface area contributed by atoms with Crippen molar-refractivity contribution in [2.24, 2.45) is 5.92 Å². The number of rotatable bonds is 4. The number of nitrogens with zero attached hydrogens (tertiary/aromatic N) is 2. The van der Waals surface area contributed by atoms with Gasteiger partial charge in [0.2, 0.25) is 0 Å². The van der Waals surface area contributed by atoms with E-state index in [-0.39, 0.29) is 24.0 Å². The first-order chi connectivity index (χ1) is 12.1. The van der Waals surface area contributed by atoms with Crippen LogP contribution in [-0.2, 0) is 14.3 Å². The Labute approximate surface area is 159 Å². The number of fused-ring (bicyclic) bond motifs is 1. The summed E-state index contributed by atoms with van der Waals surface area (Å²) >= 11 is 10.3. The molecule has 0 amide bonds. The van der Waals surface area contributed by atoms with E-state index in [1.807, 2.05) is 23.9 Å². The second-order valence-corrected chi connectivity index (χ2v) is 7.83. The van der Waals surface area contributed by atoms with Gasteiger partial charge in [-0.15, -0.1) is 0 Å². The average Bonchev–Trinajstić information content (AvgIpc) is 3.27. The second-order valence-electron chi connectivity index (χ2n) is 6.63. The largest absolute Gasteiger partial charge is 0.466 e. The predicted octanol–water partition coefficient (Wildman–Crippen LogP) is 4.82. The minimum atomic E-state index is -0.137. The van der Waals surface area contributed by atoms with Crippen LogP contribution in [0.4, 0.5) is 0 Å². The molecule has 2 heterocycles. The zero-order chi connectivity index (χ0) is 17.6. The molecule has 2 aromatic rings. The van der Waals surface area contributed by atoms with E-state index in [2.05, 4.69) is 21.0 Å². The van der Waals surface area contributed by atoms with Gasteiger partial charge in [0, 0.05) is 27.4 Å². The van der Waals surface area contributed by atoms with Crippen LogP contribution in [0.3, 0.4) is 0 Å². The highest BCUT2D eigenvalue weighted by Crippen LogP contribution is 2.54. The fourth-order valence-corrected chi connectivity index (χ4v) is 4.91. The van der Waals surface area contributed by atoms with E-state index in [1.165, 1.54) is 0 Å². The van der Waals surface area contributed by atoms with Gasteiger partial charge in [0.1, 0.15) is 0 Å². The predicted molar refractivity (Wildman–Crippen MR) is 98.8 cm³/mol. The van der Waals surface area contributed by atoms with Crippen molar-refractivity contribution >= 4 is 44.4 Å². The van der Waals surface area contributed by atoms with Crippen LogP contribution in [0.1, 0.15) is 50.3 Å². The molecule has 0 radical (unpaired) electrons. The van der Waals surface area contributed by atoms with Crippen LogP contribution in [0.5, 0.6) is 0 Å². The van der Waals surface area contributed by atoms with Crippen molar-refractivity contribution in [3.8, 4) is 0 Å². The van der Waals surface area contributed by atoms with Gasteiger partial charge in [-0.05, 0) is 60.2 Å². The van der Waals surface area contributed by atoms with Gasteiger partial charge in [-0.3, -0.25) is 4.79 Å². The molecule has 0 spiro atoms. The van der Waals surface area contributed by atoms with Crippen molar-refractivity contribution in [2.75, 3.05) is 13.2 Å². The Morgan fingerprint density at radius 2 is 2.36 bits per heavy atom. The van der Waals surface area contributed by atoms with E-state index in [0.717, 1.165) is 53.2 Å². The first kappa shape index (κ1) is 17.3. The molecule has 1 saturated heterocycles. The number of aromatic nitrogens is 2. The van der Waals surface area contributed by atoms with Gasteiger partial charge in [-0.1, -0.05) is 11.6 Å². The molecule has 4 rings (SSSR count). The van der Waals surface area contributed by atoms with Gasteiger partial charge in [0.15, 0.2) is 6.23 Å². The van der Waals surface area contributed by atoms with Crippen molar-refractivity contribution in [3.63, 3.8) is 0 Å². The number of halogens is 2. The molecule has 1 unspecified atom stereocenters. The Morgan fingerprint density at radius 3 is 3.08 bits per heavy atom. The zero-order valence-corrected chi connectivity index (χ0v) is 16.3. The first-order valence-electron chi connectivity index (χ1n) is 8.75.